The van der Waals surface area contributed by atoms with Gasteiger partial charge < -0.3 is 9.63 Å². The fraction of sp³-hybridized carbons (Fsp3) is 0.167. The standard InChI is InChI=1S/C12H11NO3/c1-7-11(8(2)16-13-7)9-3-5-10(6-4-9)12(14)15/h3-6H,1-2H3,(H,14,15). The van der Waals surface area contributed by atoms with E-state index in [2.05, 4.69) is 5.16 Å². The van der Waals surface area contributed by atoms with Crippen molar-refractivity contribution in [1.82, 2.24) is 5.16 Å². The molecule has 82 valence electrons. The van der Waals surface area contributed by atoms with Crippen LogP contribution < -0.4 is 0 Å². The van der Waals surface area contributed by atoms with Crippen LogP contribution in [-0.2, 0) is 0 Å². The molecule has 0 bridgehead atoms. The lowest BCUT2D eigenvalue weighted by Gasteiger charge is -2.00. The highest BCUT2D eigenvalue weighted by Gasteiger charge is 2.11. The minimum Gasteiger partial charge on any atom is -0.478 e. The van der Waals surface area contributed by atoms with E-state index in [1.54, 1.807) is 24.3 Å². The van der Waals surface area contributed by atoms with Crippen LogP contribution in [0.3, 0.4) is 0 Å². The smallest absolute Gasteiger partial charge is 0.335 e. The van der Waals surface area contributed by atoms with Crippen molar-refractivity contribution in [3.8, 4) is 11.1 Å². The molecule has 2 aromatic rings. The van der Waals surface area contributed by atoms with Gasteiger partial charge in [0.15, 0.2) is 0 Å². The van der Waals surface area contributed by atoms with Crippen molar-refractivity contribution in [3.05, 3.63) is 41.3 Å². The van der Waals surface area contributed by atoms with E-state index in [1.807, 2.05) is 13.8 Å². The number of benzene rings is 1. The third kappa shape index (κ3) is 1.69. The summed E-state index contributed by atoms with van der Waals surface area (Å²) in [7, 11) is 0. The number of carboxylic acid groups (broad SMARTS) is 1. The van der Waals surface area contributed by atoms with E-state index in [-0.39, 0.29) is 5.56 Å². The van der Waals surface area contributed by atoms with Crippen LogP contribution in [0.5, 0.6) is 0 Å². The van der Waals surface area contributed by atoms with E-state index < -0.39 is 5.97 Å². The Labute approximate surface area is 92.5 Å². The van der Waals surface area contributed by atoms with Gasteiger partial charge in [-0.1, -0.05) is 17.3 Å². The second-order valence-corrected chi connectivity index (χ2v) is 3.58. The summed E-state index contributed by atoms with van der Waals surface area (Å²) in [5.41, 5.74) is 2.93. The molecule has 4 nitrogen and oxygen atoms in total. The van der Waals surface area contributed by atoms with Crippen LogP contribution in [0, 0.1) is 13.8 Å². The fourth-order valence-electron chi connectivity index (χ4n) is 1.67. The molecule has 0 saturated carbocycles. The van der Waals surface area contributed by atoms with Gasteiger partial charge in [0.25, 0.3) is 0 Å². The van der Waals surface area contributed by atoms with Gasteiger partial charge in [-0.2, -0.15) is 0 Å². The Kier molecular flexibility index (Phi) is 2.48. The van der Waals surface area contributed by atoms with E-state index in [9.17, 15) is 4.79 Å². The van der Waals surface area contributed by atoms with Crippen molar-refractivity contribution in [2.75, 3.05) is 0 Å². The Morgan fingerprint density at radius 1 is 1.25 bits per heavy atom. The molecule has 1 aromatic carbocycles. The van der Waals surface area contributed by atoms with E-state index in [0.717, 1.165) is 22.6 Å². The Bertz CT molecular complexity index is 506. The van der Waals surface area contributed by atoms with Gasteiger partial charge in [0, 0.05) is 5.56 Å². The number of nitrogens with zero attached hydrogens (tertiary/aromatic N) is 1. The highest BCUT2D eigenvalue weighted by Crippen LogP contribution is 2.26. The molecule has 1 heterocycles. The highest BCUT2D eigenvalue weighted by atomic mass is 16.5. The average molecular weight is 217 g/mol. The topological polar surface area (TPSA) is 63.3 Å². The lowest BCUT2D eigenvalue weighted by Crippen LogP contribution is -1.95. The summed E-state index contributed by atoms with van der Waals surface area (Å²) in [5.74, 6) is -0.189. The van der Waals surface area contributed by atoms with Crippen molar-refractivity contribution in [2.45, 2.75) is 13.8 Å². The Morgan fingerprint density at radius 2 is 1.88 bits per heavy atom. The number of aromatic carboxylic acids is 1. The van der Waals surface area contributed by atoms with Crippen LogP contribution in [-0.4, -0.2) is 16.2 Å². The number of hydrogen-bond acceptors (Lipinski definition) is 3. The van der Waals surface area contributed by atoms with Gasteiger partial charge in [0.2, 0.25) is 0 Å². The van der Waals surface area contributed by atoms with Crippen molar-refractivity contribution in [3.63, 3.8) is 0 Å². The molecule has 0 saturated heterocycles. The zero-order chi connectivity index (χ0) is 11.7. The van der Waals surface area contributed by atoms with E-state index in [4.69, 9.17) is 9.63 Å². The van der Waals surface area contributed by atoms with Gasteiger partial charge in [-0.05, 0) is 31.5 Å². The van der Waals surface area contributed by atoms with Gasteiger partial charge >= 0.3 is 5.97 Å². The molecule has 0 amide bonds. The molecule has 0 unspecified atom stereocenters. The summed E-state index contributed by atoms with van der Waals surface area (Å²) < 4.78 is 5.06. The van der Waals surface area contributed by atoms with Crippen LogP contribution in [0.15, 0.2) is 28.8 Å². The van der Waals surface area contributed by atoms with Gasteiger partial charge in [-0.15, -0.1) is 0 Å². The molecule has 0 spiro atoms. The number of carbonyl (C=O) groups is 1. The number of aryl methyl sites for hydroxylation is 2. The molecule has 0 atom stereocenters. The maximum atomic E-state index is 10.7. The Morgan fingerprint density at radius 3 is 2.31 bits per heavy atom. The minimum atomic E-state index is -0.926. The molecule has 4 heteroatoms. The van der Waals surface area contributed by atoms with Gasteiger partial charge in [-0.3, -0.25) is 0 Å². The van der Waals surface area contributed by atoms with Gasteiger partial charge in [-0.25, -0.2) is 4.79 Å². The monoisotopic (exact) mass is 217 g/mol. The summed E-state index contributed by atoms with van der Waals surface area (Å²) >= 11 is 0. The van der Waals surface area contributed by atoms with Crippen LogP contribution in [0.1, 0.15) is 21.8 Å². The number of hydrogen-bond donors (Lipinski definition) is 1. The third-order valence-corrected chi connectivity index (χ3v) is 2.45. The number of carboxylic acids is 1. The predicted octanol–water partition coefficient (Wildman–Crippen LogP) is 2.66. The maximum absolute atomic E-state index is 10.7. The second kappa shape index (κ2) is 3.81. The molecule has 1 N–H and O–H groups in total. The zero-order valence-corrected chi connectivity index (χ0v) is 9.02. The average Bonchev–Trinajstić information content (AvgIpc) is 2.59. The van der Waals surface area contributed by atoms with Crippen molar-refractivity contribution < 1.29 is 14.4 Å². The lowest BCUT2D eigenvalue weighted by molar-refractivity contribution is 0.0697. The van der Waals surface area contributed by atoms with Crippen LogP contribution in [0.2, 0.25) is 0 Å². The first-order valence-corrected chi connectivity index (χ1v) is 4.86. The van der Waals surface area contributed by atoms with Crippen molar-refractivity contribution in [1.29, 1.82) is 0 Å². The molecular weight excluding hydrogens is 206 g/mol. The zero-order valence-electron chi connectivity index (χ0n) is 9.02. The van der Waals surface area contributed by atoms with E-state index in [0.29, 0.717) is 0 Å². The first-order valence-electron chi connectivity index (χ1n) is 4.86. The largest absolute Gasteiger partial charge is 0.478 e. The molecule has 0 aliphatic rings. The van der Waals surface area contributed by atoms with E-state index >= 15 is 0 Å². The first-order chi connectivity index (χ1) is 7.59. The highest BCUT2D eigenvalue weighted by molar-refractivity contribution is 5.88. The Hall–Kier alpha value is -2.10. The molecule has 0 aliphatic heterocycles. The summed E-state index contributed by atoms with van der Waals surface area (Å²) in [4.78, 5) is 10.7. The Balaban J connectivity index is 2.46. The lowest BCUT2D eigenvalue weighted by atomic mass is 10.0. The summed E-state index contributed by atoms with van der Waals surface area (Å²) in [6, 6.07) is 6.67. The maximum Gasteiger partial charge on any atom is 0.335 e. The minimum absolute atomic E-state index is 0.274. The third-order valence-electron chi connectivity index (χ3n) is 2.45. The van der Waals surface area contributed by atoms with Crippen molar-refractivity contribution in [2.24, 2.45) is 0 Å². The van der Waals surface area contributed by atoms with Crippen LogP contribution >= 0.6 is 0 Å². The summed E-state index contributed by atoms with van der Waals surface area (Å²) in [6.07, 6.45) is 0. The number of aromatic nitrogens is 1. The molecule has 0 aliphatic carbocycles. The SMILES string of the molecule is Cc1noc(C)c1-c1ccc(C(=O)O)cc1. The van der Waals surface area contributed by atoms with Gasteiger partial charge in [0.05, 0.1) is 11.3 Å². The van der Waals surface area contributed by atoms with E-state index in [1.165, 1.54) is 0 Å². The fourth-order valence-corrected chi connectivity index (χ4v) is 1.67. The van der Waals surface area contributed by atoms with Crippen LogP contribution in [0.4, 0.5) is 0 Å². The molecular formula is C12H11NO3. The second-order valence-electron chi connectivity index (χ2n) is 3.58. The molecule has 16 heavy (non-hydrogen) atoms. The van der Waals surface area contributed by atoms with Gasteiger partial charge in [0.1, 0.15) is 5.76 Å². The summed E-state index contributed by atoms with van der Waals surface area (Å²) in [6.45, 7) is 3.69. The molecule has 2 rings (SSSR count). The quantitative estimate of drug-likeness (QED) is 0.839. The van der Waals surface area contributed by atoms with Crippen molar-refractivity contribution >= 4 is 5.97 Å². The van der Waals surface area contributed by atoms with Crippen LogP contribution in [0.25, 0.3) is 11.1 Å². The molecule has 0 radical (unpaired) electrons. The summed E-state index contributed by atoms with van der Waals surface area (Å²) in [5, 5.41) is 12.6. The molecule has 1 aromatic heterocycles. The normalized spacial score (nSPS) is 10.4. The molecule has 0 fully saturated rings. The number of rotatable bonds is 2. The first kappa shape index (κ1) is 10.4. The predicted molar refractivity (Wildman–Crippen MR) is 58.4 cm³/mol.